The Morgan fingerprint density at radius 2 is 1.79 bits per heavy atom. The standard InChI is InChI=1S/C35H53NO3/c1-5-6-21-36(4)32(38)16-14-12-10-8-7-9-11-13-15-26-23-27-24-28(37)17-18-29(27)30-19-20-35(3)31(33(26)30)22-25(2)34(35)39/h18,26,30-31,33,37H,2,5-16,19-24H2,1,3-4H3/t26-,30?,31?,33?,35+/m1/s1. The Kier molecular flexibility index (Phi) is 10.4. The van der Waals surface area contributed by atoms with E-state index in [9.17, 15) is 14.7 Å². The molecule has 0 heterocycles. The highest BCUT2D eigenvalue weighted by Crippen LogP contribution is 2.62. The molecule has 4 rings (SSSR count). The second-order valence-corrected chi connectivity index (χ2v) is 13.4. The van der Waals surface area contributed by atoms with Crippen molar-refractivity contribution in [2.24, 2.45) is 29.1 Å². The first kappa shape index (κ1) is 29.9. The number of aliphatic hydroxyl groups excluding tert-OH is 1. The lowest BCUT2D eigenvalue weighted by molar-refractivity contribution is -0.130. The average molecular weight is 536 g/mol. The van der Waals surface area contributed by atoms with Gasteiger partial charge in [-0.15, -0.1) is 0 Å². The van der Waals surface area contributed by atoms with Crippen molar-refractivity contribution in [3.8, 4) is 0 Å². The molecule has 4 aliphatic rings. The van der Waals surface area contributed by atoms with E-state index in [2.05, 4.69) is 32.2 Å². The van der Waals surface area contributed by atoms with E-state index in [1.165, 1.54) is 56.1 Å². The molecule has 0 spiro atoms. The molecule has 1 amide bonds. The summed E-state index contributed by atoms with van der Waals surface area (Å²) in [6.45, 7) is 9.45. The molecule has 0 bridgehead atoms. The van der Waals surface area contributed by atoms with Crippen LogP contribution in [-0.2, 0) is 9.59 Å². The fourth-order valence-corrected chi connectivity index (χ4v) is 8.34. The first-order chi connectivity index (χ1) is 18.8. The van der Waals surface area contributed by atoms with Gasteiger partial charge >= 0.3 is 0 Å². The minimum Gasteiger partial charge on any atom is -0.504 e. The van der Waals surface area contributed by atoms with E-state index >= 15 is 0 Å². The maximum Gasteiger partial charge on any atom is 0.222 e. The highest BCUT2D eigenvalue weighted by molar-refractivity contribution is 6.02. The second-order valence-electron chi connectivity index (χ2n) is 13.4. The van der Waals surface area contributed by atoms with Gasteiger partial charge in [-0.25, -0.2) is 0 Å². The van der Waals surface area contributed by atoms with Gasteiger partial charge in [0.25, 0.3) is 0 Å². The summed E-state index contributed by atoms with van der Waals surface area (Å²) in [5.41, 5.74) is 6.59. The van der Waals surface area contributed by atoms with E-state index in [1.54, 1.807) is 0 Å². The minimum absolute atomic E-state index is 0.222. The molecule has 0 saturated heterocycles. The Morgan fingerprint density at radius 3 is 2.51 bits per heavy atom. The van der Waals surface area contributed by atoms with Gasteiger partial charge in [0.15, 0.2) is 5.78 Å². The van der Waals surface area contributed by atoms with Crippen LogP contribution in [0.5, 0.6) is 0 Å². The van der Waals surface area contributed by atoms with E-state index in [0.717, 1.165) is 63.5 Å². The molecule has 4 nitrogen and oxygen atoms in total. The lowest BCUT2D eigenvalue weighted by atomic mass is 9.51. The number of fused-ring (bicyclic) bond motifs is 4. The second kappa shape index (κ2) is 13.5. The number of Topliss-reactive ketones (excluding diaryl/α,β-unsaturated/α-hetero) is 1. The summed E-state index contributed by atoms with van der Waals surface area (Å²) in [5, 5.41) is 10.2. The van der Waals surface area contributed by atoms with Crippen molar-refractivity contribution in [1.29, 1.82) is 0 Å². The third kappa shape index (κ3) is 6.82. The number of carbonyl (C=O) groups excluding carboxylic acids is 2. The molecule has 2 fully saturated rings. The number of ketones is 1. The van der Waals surface area contributed by atoms with Gasteiger partial charge in [-0.3, -0.25) is 9.59 Å². The molecule has 0 aromatic carbocycles. The van der Waals surface area contributed by atoms with E-state index in [1.807, 2.05) is 11.9 Å². The summed E-state index contributed by atoms with van der Waals surface area (Å²) in [7, 11) is 1.94. The van der Waals surface area contributed by atoms with Gasteiger partial charge in [0.1, 0.15) is 5.76 Å². The van der Waals surface area contributed by atoms with E-state index < -0.39 is 0 Å². The predicted molar refractivity (Wildman–Crippen MR) is 159 cm³/mol. The SMILES string of the molecule is C=C1CC2C3C(CC[C@]2(C)C1=O)C1=C(CC(O)=C=C1)C[C@H]3CCCCCCCCCCC(=O)N(C)CCCC. The van der Waals surface area contributed by atoms with Gasteiger partial charge in [0, 0.05) is 31.8 Å². The van der Waals surface area contributed by atoms with E-state index in [0.29, 0.717) is 54.0 Å². The number of aliphatic hydroxyl groups is 1. The number of allylic oxidation sites excluding steroid dienone is 3. The smallest absolute Gasteiger partial charge is 0.222 e. The van der Waals surface area contributed by atoms with Crippen LogP contribution in [0.15, 0.2) is 40.9 Å². The van der Waals surface area contributed by atoms with Crippen molar-refractivity contribution in [1.82, 2.24) is 4.90 Å². The molecular formula is C35H53NO3. The lowest BCUT2D eigenvalue weighted by Gasteiger charge is -2.52. The average Bonchev–Trinajstić information content (AvgIpc) is 3.15. The first-order valence-electron chi connectivity index (χ1n) is 16.1. The molecular weight excluding hydrogens is 482 g/mol. The summed E-state index contributed by atoms with van der Waals surface area (Å²) in [5.74, 6) is 3.09. The van der Waals surface area contributed by atoms with Crippen molar-refractivity contribution in [2.45, 2.75) is 123 Å². The largest absolute Gasteiger partial charge is 0.504 e. The minimum atomic E-state index is -0.222. The third-order valence-electron chi connectivity index (χ3n) is 10.7. The molecule has 3 unspecified atom stereocenters. The van der Waals surface area contributed by atoms with Crippen molar-refractivity contribution < 1.29 is 14.7 Å². The number of nitrogens with zero attached hydrogens (tertiary/aromatic N) is 1. The molecule has 4 aliphatic carbocycles. The Labute approximate surface area is 237 Å². The number of unbranched alkanes of at least 4 members (excludes halogenated alkanes) is 8. The molecule has 1 N–H and O–H groups in total. The number of carbonyl (C=O) groups is 2. The zero-order valence-corrected chi connectivity index (χ0v) is 25.0. The normalized spacial score (nSPS) is 29.7. The Balaban J connectivity index is 1.21. The van der Waals surface area contributed by atoms with Crippen LogP contribution in [0.2, 0.25) is 0 Å². The van der Waals surface area contributed by atoms with Crippen LogP contribution >= 0.6 is 0 Å². The monoisotopic (exact) mass is 535 g/mol. The van der Waals surface area contributed by atoms with Crippen molar-refractivity contribution >= 4 is 11.7 Å². The molecule has 2 saturated carbocycles. The molecule has 0 radical (unpaired) electrons. The maximum atomic E-state index is 13.1. The third-order valence-corrected chi connectivity index (χ3v) is 10.7. The Hall–Kier alpha value is -2.06. The maximum absolute atomic E-state index is 13.1. The molecule has 39 heavy (non-hydrogen) atoms. The van der Waals surface area contributed by atoms with Gasteiger partial charge in [-0.05, 0) is 85.8 Å². The number of hydrogen-bond acceptors (Lipinski definition) is 3. The highest BCUT2D eigenvalue weighted by atomic mass is 16.3. The molecule has 216 valence electrons. The first-order valence-corrected chi connectivity index (χ1v) is 16.1. The molecule has 0 aliphatic heterocycles. The fourth-order valence-electron chi connectivity index (χ4n) is 8.34. The van der Waals surface area contributed by atoms with Crippen molar-refractivity contribution in [3.05, 3.63) is 40.9 Å². The quantitative estimate of drug-likeness (QED) is 0.138. The van der Waals surface area contributed by atoms with Gasteiger partial charge < -0.3 is 10.0 Å². The molecule has 4 heteroatoms. The summed E-state index contributed by atoms with van der Waals surface area (Å²) in [6.07, 6.45) is 20.7. The summed E-state index contributed by atoms with van der Waals surface area (Å²) < 4.78 is 0. The number of amides is 1. The van der Waals surface area contributed by atoms with Gasteiger partial charge in [-0.1, -0.05) is 83.1 Å². The van der Waals surface area contributed by atoms with Crippen molar-refractivity contribution in [2.75, 3.05) is 13.6 Å². The lowest BCUT2D eigenvalue weighted by Crippen LogP contribution is -2.47. The van der Waals surface area contributed by atoms with Gasteiger partial charge in [0.2, 0.25) is 5.91 Å². The predicted octanol–water partition coefficient (Wildman–Crippen LogP) is 8.64. The van der Waals surface area contributed by atoms with Crippen LogP contribution in [0.25, 0.3) is 0 Å². The Bertz CT molecular complexity index is 1010. The van der Waals surface area contributed by atoms with Crippen LogP contribution in [-0.4, -0.2) is 35.3 Å². The molecule has 0 aromatic rings. The number of hydrogen-bond donors (Lipinski definition) is 1. The Morgan fingerprint density at radius 1 is 1.10 bits per heavy atom. The van der Waals surface area contributed by atoms with Crippen molar-refractivity contribution in [3.63, 3.8) is 0 Å². The molecule has 5 atom stereocenters. The fraction of sp³-hybridized carbons (Fsp3) is 0.743. The summed E-state index contributed by atoms with van der Waals surface area (Å²) in [6, 6.07) is 0. The van der Waals surface area contributed by atoms with Crippen LogP contribution in [0.3, 0.4) is 0 Å². The highest BCUT2D eigenvalue weighted by Gasteiger charge is 2.58. The number of rotatable bonds is 14. The van der Waals surface area contributed by atoms with Crippen LogP contribution in [0.1, 0.15) is 123 Å². The van der Waals surface area contributed by atoms with Crippen LogP contribution in [0, 0.1) is 29.1 Å². The summed E-state index contributed by atoms with van der Waals surface area (Å²) >= 11 is 0. The van der Waals surface area contributed by atoms with Gasteiger partial charge in [0.05, 0.1) is 0 Å². The molecule has 0 aromatic heterocycles. The zero-order valence-electron chi connectivity index (χ0n) is 25.0. The van der Waals surface area contributed by atoms with E-state index in [-0.39, 0.29) is 5.41 Å². The summed E-state index contributed by atoms with van der Waals surface area (Å²) in [4.78, 5) is 27.2. The van der Waals surface area contributed by atoms with E-state index in [4.69, 9.17) is 0 Å². The van der Waals surface area contributed by atoms with Crippen LogP contribution in [0.4, 0.5) is 0 Å². The van der Waals surface area contributed by atoms with Gasteiger partial charge in [-0.2, -0.15) is 0 Å². The topological polar surface area (TPSA) is 57.6 Å². The zero-order chi connectivity index (χ0) is 28.0. The van der Waals surface area contributed by atoms with Crippen LogP contribution < -0.4 is 0 Å².